The number of carbonyl (C=O) groups is 1. The van der Waals surface area contributed by atoms with Gasteiger partial charge in [0.05, 0.1) is 35.7 Å². The Morgan fingerprint density at radius 2 is 2.15 bits per heavy atom. The third-order valence-corrected chi connectivity index (χ3v) is 4.80. The lowest BCUT2D eigenvalue weighted by molar-refractivity contribution is -0.131. The average molecular weight is 347 g/mol. The van der Waals surface area contributed by atoms with Crippen LogP contribution >= 0.6 is 0 Å². The third-order valence-electron chi connectivity index (χ3n) is 4.80. The van der Waals surface area contributed by atoms with Crippen LogP contribution in [-0.4, -0.2) is 25.8 Å². The largest absolute Gasteiger partial charge is 0.397 e. The second kappa shape index (κ2) is 6.71. The highest BCUT2D eigenvalue weighted by atomic mass is 16.2. The van der Waals surface area contributed by atoms with Gasteiger partial charge in [-0.15, -0.1) is 0 Å². The summed E-state index contributed by atoms with van der Waals surface area (Å²) in [6.07, 6.45) is 9.84. The van der Waals surface area contributed by atoms with E-state index in [1.54, 1.807) is 4.90 Å². The van der Waals surface area contributed by atoms with Crippen LogP contribution in [0.1, 0.15) is 41.8 Å². The number of aromatic nitrogens is 3. The van der Waals surface area contributed by atoms with Crippen LogP contribution < -0.4 is 5.73 Å². The van der Waals surface area contributed by atoms with Crippen molar-refractivity contribution in [1.29, 1.82) is 0 Å². The van der Waals surface area contributed by atoms with Gasteiger partial charge in [-0.1, -0.05) is 25.2 Å². The van der Waals surface area contributed by atoms with Crippen molar-refractivity contribution in [3.8, 4) is 0 Å². The van der Waals surface area contributed by atoms with Crippen molar-refractivity contribution in [1.82, 2.24) is 19.9 Å². The molecular formula is C20H21N5O. The number of rotatable bonds is 4. The fraction of sp³-hybridized carbons (Fsp3) is 0.300. The summed E-state index contributed by atoms with van der Waals surface area (Å²) in [7, 11) is 0. The van der Waals surface area contributed by atoms with Crippen LogP contribution in [0.2, 0.25) is 0 Å². The van der Waals surface area contributed by atoms with Crippen molar-refractivity contribution in [3.05, 3.63) is 65.0 Å². The second-order valence-electron chi connectivity index (χ2n) is 6.59. The maximum atomic E-state index is 12.8. The van der Waals surface area contributed by atoms with Crippen LogP contribution in [0.15, 0.2) is 36.6 Å². The molecule has 0 radical (unpaired) electrons. The van der Waals surface area contributed by atoms with Crippen molar-refractivity contribution < 1.29 is 4.79 Å². The zero-order chi connectivity index (χ0) is 18.1. The normalized spacial score (nSPS) is 15.3. The number of pyridine rings is 1. The highest BCUT2D eigenvalue weighted by molar-refractivity contribution is 5.80. The van der Waals surface area contributed by atoms with E-state index in [2.05, 4.69) is 21.0 Å². The number of carbonyl (C=O) groups excluding carboxylic acids is 1. The van der Waals surface area contributed by atoms with Crippen molar-refractivity contribution >= 4 is 17.2 Å². The van der Waals surface area contributed by atoms with E-state index < -0.39 is 0 Å². The Labute approximate surface area is 152 Å². The fourth-order valence-corrected chi connectivity index (χ4v) is 3.27. The Morgan fingerprint density at radius 3 is 2.92 bits per heavy atom. The number of allylic oxidation sites excluding steroid dienone is 4. The summed E-state index contributed by atoms with van der Waals surface area (Å²) < 4.78 is 0. The first-order chi connectivity index (χ1) is 12.6. The van der Waals surface area contributed by atoms with E-state index in [1.807, 2.05) is 37.4 Å². The van der Waals surface area contributed by atoms with Gasteiger partial charge < -0.3 is 10.6 Å². The number of nitrogens with two attached hydrogens (primary N) is 1. The molecule has 1 amide bonds. The summed E-state index contributed by atoms with van der Waals surface area (Å²) in [5.74, 6) is 0.825. The van der Waals surface area contributed by atoms with Gasteiger partial charge in [0.1, 0.15) is 5.82 Å². The molecule has 132 valence electrons. The molecule has 0 atom stereocenters. The molecular weight excluding hydrogens is 326 g/mol. The molecule has 0 saturated carbocycles. The molecule has 4 rings (SSSR count). The van der Waals surface area contributed by atoms with Crippen molar-refractivity contribution in [2.75, 3.05) is 5.73 Å². The van der Waals surface area contributed by atoms with Crippen molar-refractivity contribution in [2.24, 2.45) is 0 Å². The van der Waals surface area contributed by atoms with Gasteiger partial charge in [0.15, 0.2) is 0 Å². The van der Waals surface area contributed by atoms with Crippen LogP contribution in [0, 0.1) is 0 Å². The minimum absolute atomic E-state index is 0.0101. The lowest BCUT2D eigenvalue weighted by atomic mass is 10.1. The highest BCUT2D eigenvalue weighted by Crippen LogP contribution is 2.25. The summed E-state index contributed by atoms with van der Waals surface area (Å²) in [5.41, 5.74) is 11.3. The van der Waals surface area contributed by atoms with E-state index in [0.29, 0.717) is 24.5 Å². The zero-order valence-corrected chi connectivity index (χ0v) is 14.8. The number of fused-ring (bicyclic) bond motifs is 1. The van der Waals surface area contributed by atoms with Gasteiger partial charge in [0.2, 0.25) is 5.91 Å². The van der Waals surface area contributed by atoms with E-state index in [0.717, 1.165) is 41.2 Å². The maximum Gasteiger partial charge on any atom is 0.229 e. The van der Waals surface area contributed by atoms with Crippen LogP contribution in [0.5, 0.6) is 0 Å². The van der Waals surface area contributed by atoms with E-state index in [1.165, 1.54) is 0 Å². The lowest BCUT2D eigenvalue weighted by Crippen LogP contribution is -2.27. The van der Waals surface area contributed by atoms with Crippen molar-refractivity contribution in [3.63, 3.8) is 0 Å². The number of aryl methyl sites for hydroxylation is 1. The predicted octanol–water partition coefficient (Wildman–Crippen LogP) is 2.44. The Kier molecular flexibility index (Phi) is 4.24. The Morgan fingerprint density at radius 1 is 1.27 bits per heavy atom. The van der Waals surface area contributed by atoms with E-state index in [9.17, 15) is 4.79 Å². The quantitative estimate of drug-likeness (QED) is 0.918. The molecule has 0 aromatic carbocycles. The minimum atomic E-state index is 0.0101. The Balaban J connectivity index is 1.49. The predicted molar refractivity (Wildman–Crippen MR) is 99.8 cm³/mol. The highest BCUT2D eigenvalue weighted by Gasteiger charge is 2.26. The molecule has 2 aliphatic rings. The summed E-state index contributed by atoms with van der Waals surface area (Å²) >= 11 is 0. The molecule has 1 aliphatic carbocycles. The smallest absolute Gasteiger partial charge is 0.229 e. The van der Waals surface area contributed by atoms with Gasteiger partial charge in [0.25, 0.3) is 0 Å². The van der Waals surface area contributed by atoms with Gasteiger partial charge in [-0.05, 0) is 24.1 Å². The Bertz CT molecular complexity index is 932. The summed E-state index contributed by atoms with van der Waals surface area (Å²) in [5, 5.41) is 0. The average Bonchev–Trinajstić information content (AvgIpc) is 3.32. The number of hydrogen-bond acceptors (Lipinski definition) is 5. The molecule has 0 unspecified atom stereocenters. The zero-order valence-electron chi connectivity index (χ0n) is 14.8. The molecule has 0 fully saturated rings. The minimum Gasteiger partial charge on any atom is -0.397 e. The summed E-state index contributed by atoms with van der Waals surface area (Å²) in [4.78, 5) is 28.1. The van der Waals surface area contributed by atoms with Crippen LogP contribution in [0.3, 0.4) is 0 Å². The standard InChI is InChI=1S/C20H21N5O/c1-2-19-22-10-14-11-25(12-18(14)24-19)20(26)9-17-15(21)7-8-16(23-17)13-5-3-4-6-13/h3-5,7-8,10H,2,6,9,11-12,21H2,1H3. The summed E-state index contributed by atoms with van der Waals surface area (Å²) in [6, 6.07) is 3.75. The number of amides is 1. The van der Waals surface area contributed by atoms with Crippen LogP contribution in [0.4, 0.5) is 5.69 Å². The first-order valence-corrected chi connectivity index (χ1v) is 8.87. The van der Waals surface area contributed by atoms with Crippen LogP contribution in [-0.2, 0) is 30.7 Å². The number of nitrogens with zero attached hydrogens (tertiary/aromatic N) is 4. The molecule has 3 heterocycles. The molecule has 2 aromatic heterocycles. The number of anilines is 1. The van der Waals surface area contributed by atoms with E-state index in [-0.39, 0.29) is 12.3 Å². The lowest BCUT2D eigenvalue weighted by Gasteiger charge is -2.16. The maximum absolute atomic E-state index is 12.8. The van der Waals surface area contributed by atoms with E-state index >= 15 is 0 Å². The topological polar surface area (TPSA) is 85.0 Å². The molecule has 6 nitrogen and oxygen atoms in total. The molecule has 0 saturated heterocycles. The van der Waals surface area contributed by atoms with Gasteiger partial charge in [-0.25, -0.2) is 9.97 Å². The van der Waals surface area contributed by atoms with Gasteiger partial charge >= 0.3 is 0 Å². The van der Waals surface area contributed by atoms with Gasteiger partial charge in [-0.2, -0.15) is 0 Å². The molecule has 0 bridgehead atoms. The summed E-state index contributed by atoms with van der Waals surface area (Å²) in [6.45, 7) is 3.10. The molecule has 0 spiro atoms. The monoisotopic (exact) mass is 347 g/mol. The first-order valence-electron chi connectivity index (χ1n) is 8.87. The fourth-order valence-electron chi connectivity index (χ4n) is 3.27. The molecule has 2 aromatic rings. The van der Waals surface area contributed by atoms with Crippen LogP contribution in [0.25, 0.3) is 5.57 Å². The number of nitrogen functional groups attached to an aromatic ring is 1. The molecule has 1 aliphatic heterocycles. The molecule has 26 heavy (non-hydrogen) atoms. The number of hydrogen-bond donors (Lipinski definition) is 1. The first kappa shape index (κ1) is 16.4. The second-order valence-corrected chi connectivity index (χ2v) is 6.59. The van der Waals surface area contributed by atoms with Gasteiger partial charge in [-0.3, -0.25) is 9.78 Å². The Hall–Kier alpha value is -3.02. The molecule has 6 heteroatoms. The third kappa shape index (κ3) is 3.10. The van der Waals surface area contributed by atoms with E-state index in [4.69, 9.17) is 5.73 Å². The SMILES string of the molecule is CCc1ncc2c(n1)CN(C(=O)Cc1nc(C3=CC=CC3)ccc1N)C2. The van der Waals surface area contributed by atoms with Gasteiger partial charge in [0, 0.05) is 24.7 Å². The van der Waals surface area contributed by atoms with Crippen molar-refractivity contribution in [2.45, 2.75) is 39.3 Å². The molecule has 2 N–H and O–H groups in total.